The van der Waals surface area contributed by atoms with Crippen molar-refractivity contribution >= 4 is 21.7 Å². The maximum Gasteiger partial charge on any atom is 0.339 e. The van der Waals surface area contributed by atoms with E-state index in [9.17, 15) is 23.6 Å². The van der Waals surface area contributed by atoms with E-state index in [0.29, 0.717) is 9.87 Å². The van der Waals surface area contributed by atoms with Gasteiger partial charge in [-0.1, -0.05) is 48.5 Å². The minimum Gasteiger partial charge on any atom is -0.505 e. The van der Waals surface area contributed by atoms with E-state index in [2.05, 4.69) is 0 Å². The molecule has 2 N–H and O–H groups in total. The Morgan fingerprint density at radius 1 is 0.929 bits per heavy atom. The van der Waals surface area contributed by atoms with Gasteiger partial charge in [0.05, 0.1) is 4.90 Å². The summed E-state index contributed by atoms with van der Waals surface area (Å²) in [6.45, 7) is 0. The Bertz CT molecular complexity index is 1180. The van der Waals surface area contributed by atoms with Gasteiger partial charge in [-0.25, -0.2) is 4.79 Å². The third-order valence-corrected chi connectivity index (χ3v) is 5.64. The van der Waals surface area contributed by atoms with Crippen LogP contribution in [-0.4, -0.2) is 24.6 Å². The van der Waals surface area contributed by atoms with E-state index in [0.717, 1.165) is 17.7 Å². The normalized spacial score (nSPS) is 10.8. The van der Waals surface area contributed by atoms with Crippen LogP contribution in [0.4, 0.5) is 5.69 Å². The van der Waals surface area contributed by atoms with Gasteiger partial charge in [0.1, 0.15) is 11.3 Å². The van der Waals surface area contributed by atoms with E-state index in [-0.39, 0.29) is 4.90 Å². The van der Waals surface area contributed by atoms with Gasteiger partial charge in [0.2, 0.25) is 0 Å². The fourth-order valence-electron chi connectivity index (χ4n) is 2.68. The van der Waals surface area contributed by atoms with Gasteiger partial charge >= 0.3 is 5.97 Å². The number of anilines is 1. The van der Waals surface area contributed by atoms with E-state index in [4.69, 9.17) is 5.11 Å². The lowest BCUT2D eigenvalue weighted by Crippen LogP contribution is -2.26. The molecule has 0 atom stereocenters. The Labute approximate surface area is 161 Å². The van der Waals surface area contributed by atoms with Crippen LogP contribution in [0, 0.1) is 11.5 Å². The van der Waals surface area contributed by atoms with E-state index in [1.54, 1.807) is 6.07 Å². The second kappa shape index (κ2) is 7.42. The topological polar surface area (TPSA) is 119 Å². The first-order chi connectivity index (χ1) is 13.4. The highest BCUT2D eigenvalue weighted by atomic mass is 32.2. The zero-order chi connectivity index (χ0) is 20.3. The Hall–Kier alpha value is -3.83. The summed E-state index contributed by atoms with van der Waals surface area (Å²) in [5.74, 6) is -2.25. The number of aromatic hydroxyl groups is 1. The predicted octanol–water partition coefficient (Wildman–Crippen LogP) is 3.43. The van der Waals surface area contributed by atoms with Crippen molar-refractivity contribution in [3.05, 3.63) is 78.4 Å². The van der Waals surface area contributed by atoms with Crippen LogP contribution in [0.2, 0.25) is 0 Å². The molecule has 3 aromatic carbocycles. The summed E-state index contributed by atoms with van der Waals surface area (Å²) in [5.41, 5.74) is 0.473. The number of hydrogen-bond donors (Lipinski definition) is 2. The van der Waals surface area contributed by atoms with Crippen LogP contribution < -0.4 is 4.31 Å². The Kier molecular flexibility index (Phi) is 5.02. The molecule has 0 fully saturated rings. The largest absolute Gasteiger partial charge is 0.505 e. The first-order valence-corrected chi connectivity index (χ1v) is 9.46. The number of hydrogen-bond acceptors (Lipinski definition) is 5. The molecule has 0 radical (unpaired) electrons. The molecule has 28 heavy (non-hydrogen) atoms. The summed E-state index contributed by atoms with van der Waals surface area (Å²) in [5, 5.41) is 28.7. The number of rotatable bonds is 5. The molecule has 7 nitrogen and oxygen atoms in total. The zero-order valence-corrected chi connectivity index (χ0v) is 15.2. The molecule has 0 aromatic heterocycles. The highest BCUT2D eigenvalue weighted by Crippen LogP contribution is 2.34. The number of carboxylic acids is 1. The first-order valence-electron chi connectivity index (χ1n) is 8.02. The number of carbonyl (C=O) groups is 1. The highest BCUT2D eigenvalue weighted by Gasteiger charge is 2.29. The fourth-order valence-corrected chi connectivity index (χ4v) is 3.93. The Balaban J connectivity index is 2.11. The molecule has 0 aliphatic carbocycles. The lowest BCUT2D eigenvalue weighted by Gasteiger charge is -2.18. The monoisotopic (exact) mass is 394 g/mol. The Morgan fingerprint density at radius 3 is 2.21 bits per heavy atom. The molecule has 3 rings (SSSR count). The molecule has 0 bridgehead atoms. The van der Waals surface area contributed by atoms with Crippen LogP contribution in [-0.2, 0) is 10.0 Å². The molecular weight excluding hydrogens is 380 g/mol. The molecule has 140 valence electrons. The number of nitrogens with zero attached hydrogens (tertiary/aromatic N) is 2. The third-order valence-electron chi connectivity index (χ3n) is 4.03. The standard InChI is InChI=1S/C20H14N2O5S/c21-13-22(18-11-5-10-17(19(18)23)20(24)25)28(26,27)16-9-4-8-15(12-16)14-6-2-1-3-7-14/h1-12,23H,(H,24,25). The van der Waals surface area contributed by atoms with E-state index < -0.39 is 33.0 Å². The molecule has 0 saturated carbocycles. The van der Waals surface area contributed by atoms with Crippen molar-refractivity contribution in [3.63, 3.8) is 0 Å². The summed E-state index contributed by atoms with van der Waals surface area (Å²) in [6, 6.07) is 18.6. The summed E-state index contributed by atoms with van der Waals surface area (Å²) in [4.78, 5) is 11.0. The zero-order valence-electron chi connectivity index (χ0n) is 14.4. The average molecular weight is 394 g/mol. The van der Waals surface area contributed by atoms with Crippen molar-refractivity contribution < 1.29 is 23.4 Å². The highest BCUT2D eigenvalue weighted by molar-refractivity contribution is 7.93. The maximum atomic E-state index is 13.0. The van der Waals surface area contributed by atoms with Crippen LogP contribution >= 0.6 is 0 Å². The predicted molar refractivity (Wildman–Crippen MR) is 102 cm³/mol. The van der Waals surface area contributed by atoms with Gasteiger partial charge < -0.3 is 10.2 Å². The lowest BCUT2D eigenvalue weighted by atomic mass is 10.1. The number of aromatic carboxylic acids is 1. The van der Waals surface area contributed by atoms with Crippen LogP contribution in [0.3, 0.4) is 0 Å². The van der Waals surface area contributed by atoms with Crippen molar-refractivity contribution in [2.24, 2.45) is 0 Å². The Morgan fingerprint density at radius 2 is 1.57 bits per heavy atom. The van der Waals surface area contributed by atoms with Gasteiger partial charge in [-0.2, -0.15) is 18.0 Å². The molecule has 0 aliphatic rings. The van der Waals surface area contributed by atoms with Crippen LogP contribution in [0.15, 0.2) is 77.7 Å². The molecule has 0 heterocycles. The van der Waals surface area contributed by atoms with Crippen LogP contribution in [0.5, 0.6) is 5.75 Å². The number of phenols is 1. The molecule has 0 amide bonds. The van der Waals surface area contributed by atoms with E-state index >= 15 is 0 Å². The molecular formula is C20H14N2O5S. The third kappa shape index (κ3) is 3.39. The quantitative estimate of drug-likeness (QED) is 0.505. The van der Waals surface area contributed by atoms with Crippen LogP contribution in [0.1, 0.15) is 10.4 Å². The molecule has 8 heteroatoms. The van der Waals surface area contributed by atoms with Gasteiger partial charge in [0.25, 0.3) is 10.0 Å². The number of benzene rings is 3. The second-order valence-electron chi connectivity index (χ2n) is 5.74. The van der Waals surface area contributed by atoms with Gasteiger partial charge in [-0.3, -0.25) is 0 Å². The molecule has 0 saturated heterocycles. The van der Waals surface area contributed by atoms with Crippen LogP contribution in [0.25, 0.3) is 11.1 Å². The van der Waals surface area contributed by atoms with Gasteiger partial charge in [0.15, 0.2) is 11.9 Å². The molecule has 3 aromatic rings. The molecule has 0 unspecified atom stereocenters. The van der Waals surface area contributed by atoms with Crippen molar-refractivity contribution in [2.45, 2.75) is 4.90 Å². The van der Waals surface area contributed by atoms with Gasteiger partial charge in [-0.15, -0.1) is 0 Å². The fraction of sp³-hybridized carbons (Fsp3) is 0. The minimum absolute atomic E-state index is 0.171. The number of para-hydroxylation sites is 1. The van der Waals surface area contributed by atoms with Crippen molar-refractivity contribution in [3.8, 4) is 23.1 Å². The lowest BCUT2D eigenvalue weighted by molar-refractivity contribution is 0.0694. The minimum atomic E-state index is -4.38. The molecule has 0 aliphatic heterocycles. The first kappa shape index (κ1) is 18.9. The van der Waals surface area contributed by atoms with E-state index in [1.807, 2.05) is 30.3 Å². The second-order valence-corrected chi connectivity index (χ2v) is 7.53. The van der Waals surface area contributed by atoms with Gasteiger partial charge in [-0.05, 0) is 35.4 Å². The molecule has 0 spiro atoms. The van der Waals surface area contributed by atoms with Crippen molar-refractivity contribution in [2.75, 3.05) is 4.31 Å². The van der Waals surface area contributed by atoms with Crippen molar-refractivity contribution in [1.82, 2.24) is 0 Å². The number of carboxylic acid groups (broad SMARTS) is 1. The SMILES string of the molecule is N#CN(c1cccc(C(=O)O)c1O)S(=O)(=O)c1cccc(-c2ccccc2)c1. The summed E-state index contributed by atoms with van der Waals surface area (Å²) in [6.07, 6.45) is 1.52. The number of sulfonamides is 1. The summed E-state index contributed by atoms with van der Waals surface area (Å²) in [7, 11) is -4.38. The maximum absolute atomic E-state index is 13.0. The van der Waals surface area contributed by atoms with E-state index in [1.165, 1.54) is 30.5 Å². The number of nitriles is 1. The summed E-state index contributed by atoms with van der Waals surface area (Å²) < 4.78 is 26.4. The van der Waals surface area contributed by atoms with Gasteiger partial charge in [0, 0.05) is 0 Å². The average Bonchev–Trinajstić information content (AvgIpc) is 2.70. The van der Waals surface area contributed by atoms with Crippen molar-refractivity contribution in [1.29, 1.82) is 5.26 Å². The summed E-state index contributed by atoms with van der Waals surface area (Å²) >= 11 is 0. The smallest absolute Gasteiger partial charge is 0.339 e.